The fraction of sp³-hybridized carbons (Fsp3) is 0.0741. The molecule has 5 aromatic rings. The summed E-state index contributed by atoms with van der Waals surface area (Å²) in [5.41, 5.74) is 6.80. The van der Waals surface area contributed by atoms with E-state index in [0.717, 1.165) is 6.20 Å². The Morgan fingerprint density at radius 2 is 1.88 bits per heavy atom. The Labute approximate surface area is 233 Å². The summed E-state index contributed by atoms with van der Waals surface area (Å²) in [6, 6.07) is 12.8. The standard InChI is InChI=1S/C27H19ClFN7O3S/c1-15(34-25-20(24(30)32-14-33-25)11-10-17-9-8-16(29)13-31-17)26-35-22-7-3-6-21(28)23(22)27(37)36(26)18-4-2-5-19(12-18)40(38)39/h2-9,12-15,40H,1H3,(H3,30,32,33,34). The second-order valence-corrected chi connectivity index (χ2v) is 9.92. The van der Waals surface area contributed by atoms with E-state index < -0.39 is 28.1 Å². The molecule has 5 rings (SSSR count). The van der Waals surface area contributed by atoms with Crippen molar-refractivity contribution in [2.75, 3.05) is 11.1 Å². The smallest absolute Gasteiger partial charge is 0.267 e. The Morgan fingerprint density at radius 3 is 2.62 bits per heavy atom. The van der Waals surface area contributed by atoms with Crippen molar-refractivity contribution in [3.05, 3.63) is 105 Å². The Balaban J connectivity index is 1.64. The molecule has 1 unspecified atom stereocenters. The van der Waals surface area contributed by atoms with Gasteiger partial charge in [-0.1, -0.05) is 29.7 Å². The summed E-state index contributed by atoms with van der Waals surface area (Å²) in [5.74, 6) is 5.76. The summed E-state index contributed by atoms with van der Waals surface area (Å²) < 4.78 is 37.9. The van der Waals surface area contributed by atoms with Crippen LogP contribution in [0, 0.1) is 17.7 Å². The van der Waals surface area contributed by atoms with E-state index in [9.17, 15) is 17.6 Å². The van der Waals surface area contributed by atoms with E-state index >= 15 is 0 Å². The first-order valence-electron chi connectivity index (χ1n) is 11.7. The van der Waals surface area contributed by atoms with E-state index in [1.165, 1.54) is 41.2 Å². The molecule has 3 N–H and O–H groups in total. The minimum absolute atomic E-state index is 0.0285. The molecular formula is C27H19ClFN7O3S. The number of thiol groups is 1. The van der Waals surface area contributed by atoms with Crippen molar-refractivity contribution in [3.63, 3.8) is 0 Å². The number of pyridine rings is 1. The van der Waals surface area contributed by atoms with Gasteiger partial charge in [0.2, 0.25) is 0 Å². The van der Waals surface area contributed by atoms with Crippen molar-refractivity contribution >= 4 is 44.8 Å². The summed E-state index contributed by atoms with van der Waals surface area (Å²) in [6.07, 6.45) is 2.30. The molecule has 0 saturated carbocycles. The molecule has 0 aliphatic heterocycles. The molecule has 2 aromatic carbocycles. The first-order valence-corrected chi connectivity index (χ1v) is 13.2. The summed E-state index contributed by atoms with van der Waals surface area (Å²) in [5, 5.41) is 3.57. The number of hydrogen-bond donors (Lipinski definition) is 3. The molecule has 200 valence electrons. The zero-order valence-corrected chi connectivity index (χ0v) is 22.3. The van der Waals surface area contributed by atoms with Gasteiger partial charge in [0.25, 0.3) is 5.56 Å². The molecule has 0 spiro atoms. The van der Waals surface area contributed by atoms with E-state index in [1.54, 1.807) is 31.2 Å². The van der Waals surface area contributed by atoms with E-state index in [4.69, 9.17) is 22.3 Å². The lowest BCUT2D eigenvalue weighted by Crippen LogP contribution is -2.28. The third kappa shape index (κ3) is 5.33. The van der Waals surface area contributed by atoms with Crippen LogP contribution in [0.3, 0.4) is 0 Å². The van der Waals surface area contributed by atoms with Crippen LogP contribution in [-0.2, 0) is 10.7 Å². The maximum atomic E-state index is 13.8. The highest BCUT2D eigenvalue weighted by Crippen LogP contribution is 2.26. The van der Waals surface area contributed by atoms with Crippen LogP contribution in [-0.4, -0.2) is 32.9 Å². The number of rotatable bonds is 5. The van der Waals surface area contributed by atoms with E-state index in [1.807, 2.05) is 0 Å². The number of nitrogens with one attached hydrogen (secondary N) is 1. The van der Waals surface area contributed by atoms with E-state index in [0.29, 0.717) is 11.2 Å². The Morgan fingerprint density at radius 1 is 1.07 bits per heavy atom. The molecule has 13 heteroatoms. The first-order chi connectivity index (χ1) is 19.2. The van der Waals surface area contributed by atoms with Crippen molar-refractivity contribution in [2.45, 2.75) is 17.9 Å². The predicted molar refractivity (Wildman–Crippen MR) is 150 cm³/mol. The van der Waals surface area contributed by atoms with Gasteiger partial charge in [-0.2, -0.15) is 0 Å². The number of aromatic nitrogens is 5. The van der Waals surface area contributed by atoms with Crippen molar-refractivity contribution < 1.29 is 12.8 Å². The van der Waals surface area contributed by atoms with Crippen LogP contribution in [0.25, 0.3) is 16.6 Å². The normalized spacial score (nSPS) is 11.7. The Bertz CT molecular complexity index is 1960. The average Bonchev–Trinajstić information content (AvgIpc) is 2.93. The minimum atomic E-state index is -2.90. The van der Waals surface area contributed by atoms with Gasteiger partial charge in [0.1, 0.15) is 40.9 Å². The molecular weight excluding hydrogens is 557 g/mol. The highest BCUT2D eigenvalue weighted by atomic mass is 35.5. The molecule has 3 heterocycles. The lowest BCUT2D eigenvalue weighted by atomic mass is 10.2. The number of nitrogen functional groups attached to an aromatic ring is 1. The van der Waals surface area contributed by atoms with Crippen LogP contribution in [0.2, 0.25) is 5.02 Å². The van der Waals surface area contributed by atoms with Gasteiger partial charge in [0, 0.05) is 0 Å². The van der Waals surface area contributed by atoms with Gasteiger partial charge in [-0.3, -0.25) is 9.36 Å². The Kier molecular flexibility index (Phi) is 7.41. The third-order valence-corrected chi connectivity index (χ3v) is 6.85. The second kappa shape index (κ2) is 11.1. The summed E-state index contributed by atoms with van der Waals surface area (Å²) in [7, 11) is -2.90. The van der Waals surface area contributed by atoms with Gasteiger partial charge < -0.3 is 11.1 Å². The predicted octanol–water partition coefficient (Wildman–Crippen LogP) is 3.49. The van der Waals surface area contributed by atoms with Gasteiger partial charge in [-0.25, -0.2) is 32.7 Å². The van der Waals surface area contributed by atoms with Crippen molar-refractivity contribution in [2.24, 2.45) is 0 Å². The summed E-state index contributed by atoms with van der Waals surface area (Å²) in [4.78, 5) is 30.7. The Hall–Kier alpha value is -4.86. The second-order valence-electron chi connectivity index (χ2n) is 8.48. The van der Waals surface area contributed by atoms with Crippen LogP contribution in [0.5, 0.6) is 0 Å². The topological polar surface area (TPSA) is 146 Å². The third-order valence-electron chi connectivity index (χ3n) is 5.83. The monoisotopic (exact) mass is 575 g/mol. The number of fused-ring (bicyclic) bond motifs is 1. The molecule has 0 aliphatic rings. The number of nitrogens with zero attached hydrogens (tertiary/aromatic N) is 5. The van der Waals surface area contributed by atoms with Gasteiger partial charge in [-0.05, 0) is 55.3 Å². The van der Waals surface area contributed by atoms with Crippen LogP contribution >= 0.6 is 11.6 Å². The average molecular weight is 576 g/mol. The quantitative estimate of drug-likeness (QED) is 0.212. The van der Waals surface area contributed by atoms with Crippen LogP contribution in [0.15, 0.2) is 76.8 Å². The molecule has 0 saturated heterocycles. The molecule has 3 aromatic heterocycles. The number of anilines is 2. The maximum Gasteiger partial charge on any atom is 0.267 e. The van der Waals surface area contributed by atoms with Crippen LogP contribution in [0.4, 0.5) is 16.0 Å². The highest BCUT2D eigenvalue weighted by Gasteiger charge is 2.21. The fourth-order valence-corrected chi connectivity index (χ4v) is 4.67. The molecule has 40 heavy (non-hydrogen) atoms. The van der Waals surface area contributed by atoms with Gasteiger partial charge in [0.05, 0.1) is 38.7 Å². The van der Waals surface area contributed by atoms with Crippen molar-refractivity contribution in [1.82, 2.24) is 24.5 Å². The zero-order valence-electron chi connectivity index (χ0n) is 20.7. The van der Waals surface area contributed by atoms with Crippen molar-refractivity contribution in [1.29, 1.82) is 0 Å². The molecule has 1 atom stereocenters. The SMILES string of the molecule is CC(Nc1ncnc(N)c1C#Cc1ccc(F)cn1)c1nc2cccc(Cl)c2c(=O)n1-c1cccc([SH](=O)=O)c1. The van der Waals surface area contributed by atoms with Gasteiger partial charge >= 0.3 is 0 Å². The molecule has 0 bridgehead atoms. The van der Waals surface area contributed by atoms with Crippen molar-refractivity contribution in [3.8, 4) is 17.5 Å². The fourth-order valence-electron chi connectivity index (χ4n) is 3.97. The molecule has 10 nitrogen and oxygen atoms in total. The van der Waals surface area contributed by atoms with Gasteiger partial charge in [0.15, 0.2) is 10.7 Å². The number of halogens is 2. The zero-order chi connectivity index (χ0) is 28.4. The minimum Gasteiger partial charge on any atom is -0.382 e. The molecule has 0 fully saturated rings. The largest absolute Gasteiger partial charge is 0.382 e. The van der Waals surface area contributed by atoms with Gasteiger partial charge in [-0.15, -0.1) is 0 Å². The lowest BCUT2D eigenvalue weighted by Gasteiger charge is -2.21. The van der Waals surface area contributed by atoms with E-state index in [-0.39, 0.29) is 44.0 Å². The highest BCUT2D eigenvalue weighted by molar-refractivity contribution is 7.72. The summed E-state index contributed by atoms with van der Waals surface area (Å²) >= 11 is 6.36. The molecule has 0 radical (unpaired) electrons. The van der Waals surface area contributed by atoms with Crippen LogP contribution < -0.4 is 16.6 Å². The number of nitrogens with two attached hydrogens (primary N) is 1. The summed E-state index contributed by atoms with van der Waals surface area (Å²) in [6.45, 7) is 1.74. The lowest BCUT2D eigenvalue weighted by molar-refractivity contribution is 0.614. The molecule has 0 amide bonds. The number of hydrogen-bond acceptors (Lipinski definition) is 9. The van der Waals surface area contributed by atoms with Crippen LogP contribution in [0.1, 0.15) is 30.0 Å². The van der Waals surface area contributed by atoms with E-state index in [2.05, 4.69) is 32.1 Å². The maximum absolute atomic E-state index is 13.8. The number of benzene rings is 2. The first kappa shape index (κ1) is 26.7. The molecule has 0 aliphatic carbocycles.